The van der Waals surface area contributed by atoms with E-state index in [1.54, 1.807) is 57.5 Å². The number of carbonyl (C=O) groups is 4. The number of rotatable bonds is 18. The van der Waals surface area contributed by atoms with Gasteiger partial charge in [0.15, 0.2) is 10.8 Å². The summed E-state index contributed by atoms with van der Waals surface area (Å²) in [6.07, 6.45) is 0. The smallest absolute Gasteiger partial charge is 0.361 e. The summed E-state index contributed by atoms with van der Waals surface area (Å²) in [5.41, 5.74) is 0.985. The van der Waals surface area contributed by atoms with E-state index in [1.807, 2.05) is 97.9 Å². The molecule has 7 rings (SSSR count). The highest BCUT2D eigenvalue weighted by atomic mass is 35.5. The molecule has 4 aromatic carbocycles. The maximum Gasteiger partial charge on any atom is 0.361 e. The molecule has 1 fully saturated rings. The van der Waals surface area contributed by atoms with E-state index in [2.05, 4.69) is 15.8 Å². The number of anilines is 1. The first-order chi connectivity index (χ1) is 31.4. The van der Waals surface area contributed by atoms with Gasteiger partial charge in [-0.05, 0) is 66.5 Å². The molecule has 13 nitrogen and oxygen atoms in total. The molecule has 5 aromatic rings. The van der Waals surface area contributed by atoms with Crippen LogP contribution in [-0.2, 0) is 45.6 Å². The number of fused-ring (bicyclic) bond motifs is 1. The molecule has 3 heterocycles. The molecule has 0 radical (unpaired) electrons. The van der Waals surface area contributed by atoms with Crippen LogP contribution < -0.4 is 15.4 Å². The van der Waals surface area contributed by atoms with E-state index in [4.69, 9.17) is 35.6 Å². The van der Waals surface area contributed by atoms with E-state index in [9.17, 15) is 19.2 Å². The number of oxime groups is 1. The van der Waals surface area contributed by atoms with Crippen molar-refractivity contribution in [3.63, 3.8) is 0 Å². The number of nitrogens with one attached hydrogen (secondary N) is 2. The Morgan fingerprint density at radius 1 is 0.923 bits per heavy atom. The highest BCUT2D eigenvalue weighted by molar-refractivity contribution is 8.00. The monoisotopic (exact) mass is 953 g/mol. The number of hydrogen-bond donors (Lipinski definition) is 2. The van der Waals surface area contributed by atoms with Crippen molar-refractivity contribution >= 4 is 81.1 Å². The van der Waals surface area contributed by atoms with Crippen LogP contribution in [0, 0.1) is 0 Å². The maximum absolute atomic E-state index is 14.5. The van der Waals surface area contributed by atoms with Crippen molar-refractivity contribution in [1.82, 2.24) is 15.2 Å². The van der Waals surface area contributed by atoms with Gasteiger partial charge >= 0.3 is 11.9 Å². The zero-order valence-electron chi connectivity index (χ0n) is 36.3. The summed E-state index contributed by atoms with van der Waals surface area (Å²) in [6, 6.07) is 35.9. The Bertz CT molecular complexity index is 2440. The number of benzene rings is 4. The molecule has 0 saturated carbocycles. The van der Waals surface area contributed by atoms with E-state index in [0.717, 1.165) is 34.0 Å². The standard InChI is InChI=1S/C48H48ClN5O8S3/c1-6-63-45(44(58)61-47(2,3)4)62-53-37(36-29-65-46(50-36)52-48(32-16-10-7-11-17-32,33-18-12-8-13-19-33)34-20-14-9-15-21-34)40(55)51-38-41(56)54-39(31(26-49)28-64-42(38)54)43(57)60-27-30-22-24-35(59-5)25-23-30/h7-25,29,38,42,45H,6,26-28H2,1-5H3,(H,50,52)(H,51,55)/b53-37-/t38-,42+,45-/m1/s1. The Hall–Kier alpha value is -5.81. The van der Waals surface area contributed by atoms with Crippen LogP contribution in [0.2, 0.25) is 0 Å². The molecule has 65 heavy (non-hydrogen) atoms. The summed E-state index contributed by atoms with van der Waals surface area (Å²) in [5, 5.41) is 12.3. The fourth-order valence-corrected chi connectivity index (χ4v) is 10.3. The van der Waals surface area contributed by atoms with Gasteiger partial charge in [-0.3, -0.25) is 14.5 Å². The van der Waals surface area contributed by atoms with Gasteiger partial charge in [-0.25, -0.2) is 14.6 Å². The summed E-state index contributed by atoms with van der Waals surface area (Å²) >= 11 is 10.0. The fraction of sp³-hybridized carbons (Fsp3) is 0.292. The number of ether oxygens (including phenoxy) is 3. The molecule has 2 aliphatic heterocycles. The summed E-state index contributed by atoms with van der Waals surface area (Å²) in [4.78, 5) is 67.5. The largest absolute Gasteiger partial charge is 0.497 e. The number of thiazole rings is 1. The average Bonchev–Trinajstić information content (AvgIpc) is 3.79. The Balaban J connectivity index is 1.19. The summed E-state index contributed by atoms with van der Waals surface area (Å²) in [7, 11) is 1.56. The topological polar surface area (TPSA) is 158 Å². The molecule has 2 N–H and O–H groups in total. The molecule has 17 heteroatoms. The number of methoxy groups -OCH3 is 1. The van der Waals surface area contributed by atoms with Gasteiger partial charge in [-0.2, -0.15) is 0 Å². The Morgan fingerprint density at radius 3 is 2.06 bits per heavy atom. The fourth-order valence-electron chi connectivity index (χ4n) is 7.25. The molecular weight excluding hydrogens is 906 g/mol. The molecule has 0 bridgehead atoms. The zero-order chi connectivity index (χ0) is 46.1. The molecule has 3 atom stereocenters. The van der Waals surface area contributed by atoms with Gasteiger partial charge in [0.25, 0.3) is 17.3 Å². The van der Waals surface area contributed by atoms with E-state index in [0.29, 0.717) is 28.0 Å². The average molecular weight is 955 g/mol. The number of amides is 2. The Labute approximate surface area is 395 Å². The van der Waals surface area contributed by atoms with Crippen molar-refractivity contribution in [3.8, 4) is 5.75 Å². The lowest BCUT2D eigenvalue weighted by atomic mass is 9.77. The molecule has 1 saturated heterocycles. The first kappa shape index (κ1) is 47.2. The van der Waals surface area contributed by atoms with Crippen LogP contribution in [-0.4, -0.2) is 86.3 Å². The lowest BCUT2D eigenvalue weighted by molar-refractivity contribution is -0.162. The lowest BCUT2D eigenvalue weighted by Gasteiger charge is -2.49. The second-order valence-corrected chi connectivity index (χ2v) is 19.3. The summed E-state index contributed by atoms with van der Waals surface area (Å²) in [6.45, 7) is 7.03. The number of thioether (sulfide) groups is 2. The van der Waals surface area contributed by atoms with Crippen molar-refractivity contribution in [2.45, 2.75) is 62.3 Å². The number of esters is 2. The van der Waals surface area contributed by atoms with Crippen molar-refractivity contribution in [3.05, 3.63) is 160 Å². The van der Waals surface area contributed by atoms with Crippen LogP contribution in [0.1, 0.15) is 55.6 Å². The minimum absolute atomic E-state index is 0.00345. The highest BCUT2D eigenvalue weighted by Crippen LogP contribution is 2.42. The van der Waals surface area contributed by atoms with Crippen LogP contribution in [0.3, 0.4) is 0 Å². The zero-order valence-corrected chi connectivity index (χ0v) is 39.5. The van der Waals surface area contributed by atoms with Crippen LogP contribution in [0.15, 0.2) is 137 Å². The number of carbonyl (C=O) groups excluding carboxylic acids is 4. The predicted molar refractivity (Wildman–Crippen MR) is 256 cm³/mol. The quantitative estimate of drug-likeness (QED) is 0.0165. The molecule has 0 spiro atoms. The van der Waals surface area contributed by atoms with Gasteiger partial charge in [0, 0.05) is 17.0 Å². The van der Waals surface area contributed by atoms with Gasteiger partial charge in [0.2, 0.25) is 0 Å². The molecular formula is C48H48ClN5O8S3. The number of halogens is 1. The third-order valence-electron chi connectivity index (χ3n) is 10.3. The number of hydrogen-bond acceptors (Lipinski definition) is 14. The van der Waals surface area contributed by atoms with Crippen LogP contribution in [0.4, 0.5) is 5.13 Å². The van der Waals surface area contributed by atoms with Gasteiger partial charge in [0.1, 0.15) is 46.3 Å². The summed E-state index contributed by atoms with van der Waals surface area (Å²) in [5.74, 6) is -1.27. The van der Waals surface area contributed by atoms with Gasteiger partial charge in [0.05, 0.1) is 7.11 Å². The molecule has 2 aliphatic rings. The van der Waals surface area contributed by atoms with E-state index in [-0.39, 0.29) is 29.6 Å². The third-order valence-corrected chi connectivity index (χ3v) is 13.6. The van der Waals surface area contributed by atoms with Crippen LogP contribution in [0.25, 0.3) is 0 Å². The second-order valence-electron chi connectivity index (χ2n) is 15.7. The van der Waals surface area contributed by atoms with Gasteiger partial charge < -0.3 is 29.7 Å². The Morgan fingerprint density at radius 2 is 1.52 bits per heavy atom. The minimum atomic E-state index is -1.22. The first-order valence-corrected chi connectivity index (χ1v) is 24.2. The predicted octanol–water partition coefficient (Wildman–Crippen LogP) is 8.33. The number of alkyl halides is 1. The van der Waals surface area contributed by atoms with Crippen molar-refractivity contribution in [1.29, 1.82) is 0 Å². The highest BCUT2D eigenvalue weighted by Gasteiger charge is 2.55. The van der Waals surface area contributed by atoms with Crippen LogP contribution in [0.5, 0.6) is 5.75 Å². The van der Waals surface area contributed by atoms with E-state index in [1.165, 1.54) is 28.0 Å². The van der Waals surface area contributed by atoms with Gasteiger partial charge in [-0.1, -0.05) is 115 Å². The van der Waals surface area contributed by atoms with Crippen molar-refractivity contribution < 1.29 is 38.2 Å². The van der Waals surface area contributed by atoms with E-state index >= 15 is 0 Å². The number of β-lactam (4-membered cyclic amide) rings is 1. The molecule has 0 aliphatic carbocycles. The maximum atomic E-state index is 14.5. The van der Waals surface area contributed by atoms with Crippen molar-refractivity contribution in [2.75, 3.05) is 29.8 Å². The van der Waals surface area contributed by atoms with E-state index < -0.39 is 51.7 Å². The number of nitrogens with zero attached hydrogens (tertiary/aromatic N) is 3. The lowest BCUT2D eigenvalue weighted by Crippen LogP contribution is -2.71. The normalized spacial score (nSPS) is 16.7. The van der Waals surface area contributed by atoms with Crippen molar-refractivity contribution in [2.24, 2.45) is 5.16 Å². The SMILES string of the molecule is CCS[C@@H](O/N=C(\C(=O)N[C@@H]1C(=O)N2C(C(=O)OCc3ccc(OC)cc3)=C(CCl)CS[C@@H]12)c1csc(NC(c2ccccc2)(c2ccccc2)c2ccccc2)n1)C(=O)OC(C)(C)C. The first-order valence-electron chi connectivity index (χ1n) is 20.7. The molecule has 2 amide bonds. The van der Waals surface area contributed by atoms with Crippen LogP contribution >= 0.6 is 46.5 Å². The second kappa shape index (κ2) is 21.0. The Kier molecular flexibility index (Phi) is 15.2. The number of aromatic nitrogens is 1. The molecule has 0 unspecified atom stereocenters. The van der Waals surface area contributed by atoms with Gasteiger partial charge in [-0.15, -0.1) is 46.5 Å². The molecule has 1 aromatic heterocycles. The summed E-state index contributed by atoms with van der Waals surface area (Å²) < 4.78 is 16.5. The minimum Gasteiger partial charge on any atom is -0.497 e. The molecule has 338 valence electrons. The third kappa shape index (κ3) is 10.7.